The molecule has 0 fully saturated rings. The minimum atomic E-state index is -0.139. The normalized spacial score (nSPS) is 12.8. The van der Waals surface area contributed by atoms with Gasteiger partial charge in [-0.25, -0.2) is 0 Å². The number of amides is 1. The summed E-state index contributed by atoms with van der Waals surface area (Å²) in [5.74, 6) is 0.451. The van der Waals surface area contributed by atoms with Crippen LogP contribution in [0.3, 0.4) is 0 Å². The minimum Gasteiger partial charge on any atom is -0.494 e. The van der Waals surface area contributed by atoms with Crippen LogP contribution in [0.15, 0.2) is 24.5 Å². The standard InChI is InChI=1S/C15H21N5O2/c1-10(15(2,3)4)17-14(21)11-6-7-13(22-5)12(8-11)20-9-16-18-19-20/h6-10H,1-5H3,(H,17,21)/t10-/m0/s1. The third-order valence-electron chi connectivity index (χ3n) is 3.68. The molecule has 0 radical (unpaired) electrons. The first-order chi connectivity index (χ1) is 10.3. The van der Waals surface area contributed by atoms with Gasteiger partial charge in [0.25, 0.3) is 5.91 Å². The second-order valence-electron chi connectivity index (χ2n) is 6.20. The average Bonchev–Trinajstić information content (AvgIpc) is 2.99. The van der Waals surface area contributed by atoms with Crippen LogP contribution in [-0.4, -0.2) is 39.3 Å². The van der Waals surface area contributed by atoms with E-state index in [0.29, 0.717) is 17.0 Å². The summed E-state index contributed by atoms with van der Waals surface area (Å²) >= 11 is 0. The number of benzene rings is 1. The first-order valence-corrected chi connectivity index (χ1v) is 7.05. The summed E-state index contributed by atoms with van der Waals surface area (Å²) in [4.78, 5) is 12.4. The minimum absolute atomic E-state index is 0.0131. The fourth-order valence-corrected chi connectivity index (χ4v) is 1.78. The Balaban J connectivity index is 2.29. The number of hydrogen-bond acceptors (Lipinski definition) is 5. The van der Waals surface area contributed by atoms with Gasteiger partial charge in [0.2, 0.25) is 0 Å². The van der Waals surface area contributed by atoms with Crippen molar-refractivity contribution in [1.82, 2.24) is 25.5 Å². The number of nitrogens with zero attached hydrogens (tertiary/aromatic N) is 4. The highest BCUT2D eigenvalue weighted by molar-refractivity contribution is 5.95. The maximum atomic E-state index is 12.4. The second-order valence-corrected chi connectivity index (χ2v) is 6.20. The van der Waals surface area contributed by atoms with Crippen LogP contribution in [0.2, 0.25) is 0 Å². The van der Waals surface area contributed by atoms with Crippen LogP contribution in [0.25, 0.3) is 5.69 Å². The number of methoxy groups -OCH3 is 1. The molecule has 1 heterocycles. The summed E-state index contributed by atoms with van der Waals surface area (Å²) in [6.45, 7) is 8.24. The van der Waals surface area contributed by atoms with Crippen LogP contribution in [0.1, 0.15) is 38.1 Å². The van der Waals surface area contributed by atoms with E-state index in [2.05, 4.69) is 41.6 Å². The Morgan fingerprint density at radius 3 is 2.64 bits per heavy atom. The number of aromatic nitrogens is 4. The number of hydrogen-bond donors (Lipinski definition) is 1. The highest BCUT2D eigenvalue weighted by Crippen LogP contribution is 2.24. The molecule has 2 aromatic rings. The van der Waals surface area contributed by atoms with Gasteiger partial charge in [0.1, 0.15) is 17.8 Å². The monoisotopic (exact) mass is 303 g/mol. The lowest BCUT2D eigenvalue weighted by Gasteiger charge is -2.28. The molecule has 1 amide bonds. The van der Waals surface area contributed by atoms with Crippen LogP contribution in [0, 0.1) is 5.41 Å². The number of ether oxygens (including phenoxy) is 1. The number of rotatable bonds is 4. The Morgan fingerprint density at radius 1 is 1.36 bits per heavy atom. The Labute approximate surface area is 129 Å². The van der Waals surface area contributed by atoms with Gasteiger partial charge in [-0.15, -0.1) is 5.10 Å². The summed E-state index contributed by atoms with van der Waals surface area (Å²) in [5, 5.41) is 14.1. The summed E-state index contributed by atoms with van der Waals surface area (Å²) in [6.07, 6.45) is 1.46. The van der Waals surface area contributed by atoms with Crippen molar-refractivity contribution >= 4 is 5.91 Å². The zero-order valence-corrected chi connectivity index (χ0v) is 13.5. The smallest absolute Gasteiger partial charge is 0.251 e. The van der Waals surface area contributed by atoms with Gasteiger partial charge < -0.3 is 10.1 Å². The molecule has 1 atom stereocenters. The van der Waals surface area contributed by atoms with Crippen molar-refractivity contribution in [3.63, 3.8) is 0 Å². The quantitative estimate of drug-likeness (QED) is 0.932. The van der Waals surface area contributed by atoms with Crippen LogP contribution < -0.4 is 10.1 Å². The van der Waals surface area contributed by atoms with Crippen molar-refractivity contribution in [3.05, 3.63) is 30.1 Å². The zero-order valence-electron chi connectivity index (χ0n) is 13.5. The van der Waals surface area contributed by atoms with Gasteiger partial charge in [0, 0.05) is 11.6 Å². The van der Waals surface area contributed by atoms with E-state index in [9.17, 15) is 4.79 Å². The van der Waals surface area contributed by atoms with Crippen molar-refractivity contribution in [2.75, 3.05) is 7.11 Å². The van der Waals surface area contributed by atoms with Crippen LogP contribution in [-0.2, 0) is 0 Å². The van der Waals surface area contributed by atoms with E-state index in [4.69, 9.17) is 4.74 Å². The highest BCUT2D eigenvalue weighted by atomic mass is 16.5. The van der Waals surface area contributed by atoms with Gasteiger partial charge >= 0.3 is 0 Å². The summed E-state index contributed by atoms with van der Waals surface area (Å²) in [7, 11) is 1.56. The first-order valence-electron chi connectivity index (χ1n) is 7.05. The molecular weight excluding hydrogens is 282 g/mol. The molecule has 0 bridgehead atoms. The molecule has 7 nitrogen and oxygen atoms in total. The van der Waals surface area contributed by atoms with Crippen molar-refractivity contribution in [2.24, 2.45) is 5.41 Å². The third kappa shape index (κ3) is 3.41. The number of tetrazole rings is 1. The van der Waals surface area contributed by atoms with E-state index in [1.165, 1.54) is 11.0 Å². The first kappa shape index (κ1) is 15.9. The van der Waals surface area contributed by atoms with Crippen molar-refractivity contribution in [2.45, 2.75) is 33.7 Å². The number of carbonyl (C=O) groups excluding carboxylic acids is 1. The fraction of sp³-hybridized carbons (Fsp3) is 0.467. The molecule has 7 heteroatoms. The maximum Gasteiger partial charge on any atom is 0.251 e. The van der Waals surface area contributed by atoms with Crippen LogP contribution in [0.5, 0.6) is 5.75 Å². The summed E-state index contributed by atoms with van der Waals surface area (Å²) in [6, 6.07) is 5.20. The van der Waals surface area contributed by atoms with E-state index < -0.39 is 0 Å². The Hall–Kier alpha value is -2.44. The number of carbonyl (C=O) groups is 1. The maximum absolute atomic E-state index is 12.4. The predicted octanol–water partition coefficient (Wildman–Crippen LogP) is 1.84. The third-order valence-corrected chi connectivity index (χ3v) is 3.68. The molecule has 1 aromatic carbocycles. The van der Waals surface area contributed by atoms with Gasteiger partial charge in [-0.1, -0.05) is 20.8 Å². The summed E-state index contributed by atoms with van der Waals surface area (Å²) < 4.78 is 6.75. The van der Waals surface area contributed by atoms with E-state index >= 15 is 0 Å². The highest BCUT2D eigenvalue weighted by Gasteiger charge is 2.22. The van der Waals surface area contributed by atoms with Crippen molar-refractivity contribution < 1.29 is 9.53 Å². The number of nitrogens with one attached hydrogen (secondary N) is 1. The largest absolute Gasteiger partial charge is 0.494 e. The molecule has 1 N–H and O–H groups in total. The van der Waals surface area contributed by atoms with Gasteiger partial charge in [0.15, 0.2) is 0 Å². The SMILES string of the molecule is COc1ccc(C(=O)N[C@@H](C)C(C)(C)C)cc1-n1cnnn1. The molecule has 118 valence electrons. The van der Waals surface area contributed by atoms with E-state index in [1.807, 2.05) is 6.92 Å². The van der Waals surface area contributed by atoms with Gasteiger partial charge in [0.05, 0.1) is 7.11 Å². The van der Waals surface area contributed by atoms with Crippen molar-refractivity contribution in [1.29, 1.82) is 0 Å². The Bertz CT molecular complexity index is 646. The fourth-order valence-electron chi connectivity index (χ4n) is 1.78. The lowest BCUT2D eigenvalue weighted by atomic mass is 9.88. The van der Waals surface area contributed by atoms with Gasteiger partial charge in [-0.2, -0.15) is 4.68 Å². The molecule has 0 aliphatic heterocycles. The predicted molar refractivity (Wildman–Crippen MR) is 82.1 cm³/mol. The molecule has 1 aromatic heterocycles. The average molecular weight is 303 g/mol. The lowest BCUT2D eigenvalue weighted by molar-refractivity contribution is 0.0910. The molecule has 0 saturated carbocycles. The molecule has 2 rings (SSSR count). The van der Waals surface area contributed by atoms with E-state index in [1.54, 1.807) is 25.3 Å². The molecular formula is C15H21N5O2. The Kier molecular flexibility index (Phi) is 4.44. The molecule has 0 saturated heterocycles. The molecule has 0 spiro atoms. The van der Waals surface area contributed by atoms with Crippen LogP contribution in [0.4, 0.5) is 0 Å². The van der Waals surface area contributed by atoms with Gasteiger partial charge in [-0.05, 0) is 41.0 Å². The topological polar surface area (TPSA) is 81.9 Å². The molecule has 0 aliphatic carbocycles. The summed E-state index contributed by atoms with van der Waals surface area (Å²) in [5.41, 5.74) is 1.13. The van der Waals surface area contributed by atoms with Gasteiger partial charge in [-0.3, -0.25) is 4.79 Å². The molecule has 0 unspecified atom stereocenters. The van der Waals surface area contributed by atoms with E-state index in [-0.39, 0.29) is 17.4 Å². The molecule has 0 aliphatic rings. The lowest BCUT2D eigenvalue weighted by Crippen LogP contribution is -2.41. The Morgan fingerprint density at radius 2 is 2.09 bits per heavy atom. The zero-order chi connectivity index (χ0) is 16.3. The van der Waals surface area contributed by atoms with E-state index in [0.717, 1.165) is 0 Å². The van der Waals surface area contributed by atoms with Crippen molar-refractivity contribution in [3.8, 4) is 11.4 Å². The molecule has 22 heavy (non-hydrogen) atoms. The second kappa shape index (κ2) is 6.13. The van der Waals surface area contributed by atoms with Crippen LogP contribution >= 0.6 is 0 Å².